The van der Waals surface area contributed by atoms with Gasteiger partial charge in [-0.2, -0.15) is 0 Å². The van der Waals surface area contributed by atoms with Crippen molar-refractivity contribution in [3.63, 3.8) is 0 Å². The van der Waals surface area contributed by atoms with Gasteiger partial charge in [-0.05, 0) is 82.6 Å². The largest absolute Gasteiger partial charge is 0.337 e. The number of rotatable bonds is 3. The van der Waals surface area contributed by atoms with Gasteiger partial charge in [0.05, 0.1) is 5.83 Å². The minimum absolute atomic E-state index is 0.0336. The Hall–Kier alpha value is -0.900. The van der Waals surface area contributed by atoms with Gasteiger partial charge in [0.15, 0.2) is 0 Å². The highest BCUT2D eigenvalue weighted by Crippen LogP contribution is 2.40. The summed E-state index contributed by atoms with van der Waals surface area (Å²) in [6.07, 6.45) is 10.5. The Bertz CT molecular complexity index is 547. The molecule has 2 saturated carbocycles. The first kappa shape index (κ1) is 20.8. The number of piperidine rings is 1. The lowest BCUT2D eigenvalue weighted by atomic mass is 9.77. The number of hydrogen-bond acceptors (Lipinski definition) is 2. The van der Waals surface area contributed by atoms with Crippen LogP contribution in [0.4, 0.5) is 4.39 Å². The predicted molar refractivity (Wildman–Crippen MR) is 109 cm³/mol. The Morgan fingerprint density at radius 3 is 2.41 bits per heavy atom. The number of nitrogens with one attached hydrogen (secondary N) is 1. The summed E-state index contributed by atoms with van der Waals surface area (Å²) < 4.78 is 13.5. The first-order chi connectivity index (χ1) is 12.9. The van der Waals surface area contributed by atoms with E-state index in [0.717, 1.165) is 50.0 Å². The summed E-state index contributed by atoms with van der Waals surface area (Å²) in [4.78, 5) is 14.9. The molecule has 0 radical (unpaired) electrons. The zero-order valence-electron chi connectivity index (χ0n) is 17.8. The van der Waals surface area contributed by atoms with Gasteiger partial charge in [0.2, 0.25) is 5.91 Å². The van der Waals surface area contributed by atoms with E-state index in [4.69, 9.17) is 0 Å². The Kier molecular flexibility index (Phi) is 6.99. The van der Waals surface area contributed by atoms with Gasteiger partial charge in [-0.15, -0.1) is 0 Å². The second-order valence-electron chi connectivity index (χ2n) is 9.41. The third-order valence-corrected chi connectivity index (χ3v) is 7.50. The molecule has 1 heterocycles. The molecule has 27 heavy (non-hydrogen) atoms. The fraction of sp³-hybridized carbons (Fsp3) is 0.870. The highest BCUT2D eigenvalue weighted by molar-refractivity contribution is 5.76. The number of fused-ring (bicyclic) bond motifs is 1. The lowest BCUT2D eigenvalue weighted by molar-refractivity contribution is -0.140. The molecule has 0 aromatic carbocycles. The number of likely N-dealkylation sites (tertiary alicyclic amines) is 1. The van der Waals surface area contributed by atoms with E-state index in [-0.39, 0.29) is 5.83 Å². The fourth-order valence-electron chi connectivity index (χ4n) is 5.87. The highest BCUT2D eigenvalue weighted by atomic mass is 19.1. The first-order valence-electron chi connectivity index (χ1n) is 11.3. The van der Waals surface area contributed by atoms with E-state index in [1.807, 2.05) is 6.92 Å². The SMILES string of the molecule is CCC(=O)N1C(C)CC(NC2CCC(=C(C)F)CC2)C2CCC(C)CCC21. The van der Waals surface area contributed by atoms with Gasteiger partial charge in [0.1, 0.15) is 0 Å². The molecule has 4 heteroatoms. The summed E-state index contributed by atoms with van der Waals surface area (Å²) in [5.41, 5.74) is 1.02. The molecule has 154 valence electrons. The molecule has 3 aliphatic rings. The van der Waals surface area contributed by atoms with E-state index in [1.165, 1.54) is 19.3 Å². The van der Waals surface area contributed by atoms with Gasteiger partial charge in [-0.3, -0.25) is 4.79 Å². The Morgan fingerprint density at radius 1 is 1.11 bits per heavy atom. The molecule has 0 bridgehead atoms. The van der Waals surface area contributed by atoms with Crippen molar-refractivity contribution in [1.82, 2.24) is 10.2 Å². The maximum absolute atomic E-state index is 13.5. The highest BCUT2D eigenvalue weighted by Gasteiger charge is 2.44. The molecule has 2 aliphatic carbocycles. The number of amides is 1. The molecule has 0 spiro atoms. The van der Waals surface area contributed by atoms with Gasteiger partial charge in [0.25, 0.3) is 0 Å². The molecule has 3 fully saturated rings. The number of halogens is 1. The molecule has 0 aromatic rings. The van der Waals surface area contributed by atoms with E-state index < -0.39 is 0 Å². The average Bonchev–Trinajstić information content (AvgIpc) is 2.84. The van der Waals surface area contributed by atoms with Crippen molar-refractivity contribution in [2.24, 2.45) is 11.8 Å². The van der Waals surface area contributed by atoms with Crippen molar-refractivity contribution in [1.29, 1.82) is 0 Å². The number of carbonyl (C=O) groups is 1. The van der Waals surface area contributed by atoms with Crippen molar-refractivity contribution in [2.75, 3.05) is 0 Å². The quantitative estimate of drug-likeness (QED) is 0.717. The summed E-state index contributed by atoms with van der Waals surface area (Å²) in [6, 6.07) is 1.71. The number of nitrogens with zero attached hydrogens (tertiary/aromatic N) is 1. The van der Waals surface area contributed by atoms with Gasteiger partial charge >= 0.3 is 0 Å². The van der Waals surface area contributed by atoms with Crippen molar-refractivity contribution in [3.8, 4) is 0 Å². The number of hydrogen-bond donors (Lipinski definition) is 1. The summed E-state index contributed by atoms with van der Waals surface area (Å²) in [7, 11) is 0. The van der Waals surface area contributed by atoms with Crippen LogP contribution in [-0.4, -0.2) is 35.0 Å². The van der Waals surface area contributed by atoms with Crippen molar-refractivity contribution in [2.45, 2.75) is 116 Å². The molecule has 3 nitrogen and oxygen atoms in total. The van der Waals surface area contributed by atoms with Crippen LogP contribution >= 0.6 is 0 Å². The summed E-state index contributed by atoms with van der Waals surface area (Å²) in [5.74, 6) is 1.70. The predicted octanol–water partition coefficient (Wildman–Crippen LogP) is 5.36. The molecule has 5 unspecified atom stereocenters. The Balaban J connectivity index is 1.72. The van der Waals surface area contributed by atoms with Crippen molar-refractivity contribution >= 4 is 5.91 Å². The second-order valence-corrected chi connectivity index (χ2v) is 9.41. The lowest BCUT2D eigenvalue weighted by Crippen LogP contribution is -2.61. The van der Waals surface area contributed by atoms with E-state index in [0.29, 0.717) is 42.4 Å². The smallest absolute Gasteiger partial charge is 0.222 e. The monoisotopic (exact) mass is 378 g/mol. The first-order valence-corrected chi connectivity index (χ1v) is 11.3. The summed E-state index contributed by atoms with van der Waals surface area (Å²) >= 11 is 0. The maximum Gasteiger partial charge on any atom is 0.222 e. The van der Waals surface area contributed by atoms with Crippen LogP contribution in [0.15, 0.2) is 11.4 Å². The van der Waals surface area contributed by atoms with Crippen LogP contribution in [0, 0.1) is 11.8 Å². The molecule has 1 amide bonds. The van der Waals surface area contributed by atoms with Gasteiger partial charge in [-0.25, -0.2) is 4.39 Å². The van der Waals surface area contributed by atoms with Crippen LogP contribution in [0.1, 0.15) is 91.9 Å². The van der Waals surface area contributed by atoms with Crippen LogP contribution < -0.4 is 5.32 Å². The van der Waals surface area contributed by atoms with Crippen molar-refractivity contribution < 1.29 is 9.18 Å². The normalized spacial score (nSPS) is 37.5. The maximum atomic E-state index is 13.5. The minimum atomic E-state index is 0.0336. The summed E-state index contributed by atoms with van der Waals surface area (Å²) in [5, 5.41) is 3.98. The Morgan fingerprint density at radius 2 is 1.78 bits per heavy atom. The molecular formula is C23H39FN2O. The zero-order valence-corrected chi connectivity index (χ0v) is 17.8. The van der Waals surface area contributed by atoms with Crippen LogP contribution in [0.3, 0.4) is 0 Å². The molecule has 3 rings (SSSR count). The summed E-state index contributed by atoms with van der Waals surface area (Å²) in [6.45, 7) is 8.20. The number of carbonyl (C=O) groups excluding carboxylic acids is 1. The van der Waals surface area contributed by atoms with Crippen LogP contribution in [0.25, 0.3) is 0 Å². The third-order valence-electron chi connectivity index (χ3n) is 7.50. The van der Waals surface area contributed by atoms with Crippen LogP contribution in [0.2, 0.25) is 0 Å². The van der Waals surface area contributed by atoms with Crippen molar-refractivity contribution in [3.05, 3.63) is 11.4 Å². The fourth-order valence-corrected chi connectivity index (χ4v) is 5.87. The van der Waals surface area contributed by atoms with Gasteiger partial charge in [0, 0.05) is 30.6 Å². The van der Waals surface area contributed by atoms with Gasteiger partial charge in [-0.1, -0.05) is 20.3 Å². The zero-order chi connectivity index (χ0) is 19.6. The average molecular weight is 379 g/mol. The topological polar surface area (TPSA) is 32.3 Å². The van der Waals surface area contributed by atoms with E-state index in [2.05, 4.69) is 24.1 Å². The third kappa shape index (κ3) is 4.75. The van der Waals surface area contributed by atoms with E-state index in [1.54, 1.807) is 6.92 Å². The van der Waals surface area contributed by atoms with E-state index >= 15 is 0 Å². The molecule has 1 N–H and O–H groups in total. The standard InChI is InChI=1S/C23H39FN2O/c1-5-23(27)26-16(3)14-21(20-12-6-15(2)7-13-22(20)26)25-19-10-8-18(9-11-19)17(4)24/h15-16,19-22,25H,5-14H2,1-4H3. The van der Waals surface area contributed by atoms with E-state index in [9.17, 15) is 9.18 Å². The second kappa shape index (κ2) is 9.07. The molecule has 5 atom stereocenters. The minimum Gasteiger partial charge on any atom is -0.337 e. The lowest BCUT2D eigenvalue weighted by Gasteiger charge is -2.50. The molecule has 0 aromatic heterocycles. The van der Waals surface area contributed by atoms with Crippen LogP contribution in [-0.2, 0) is 4.79 Å². The molecule has 1 aliphatic heterocycles. The Labute approximate surface area is 165 Å². The number of allylic oxidation sites excluding steroid dienone is 2. The molecular weight excluding hydrogens is 339 g/mol. The van der Waals surface area contributed by atoms with Gasteiger partial charge < -0.3 is 10.2 Å². The van der Waals surface area contributed by atoms with Crippen LogP contribution in [0.5, 0.6) is 0 Å². The molecule has 1 saturated heterocycles.